The summed E-state index contributed by atoms with van der Waals surface area (Å²) >= 11 is 5.96. The van der Waals surface area contributed by atoms with Crippen molar-refractivity contribution in [2.24, 2.45) is 17.3 Å². The van der Waals surface area contributed by atoms with Crippen LogP contribution >= 0.6 is 11.6 Å². The number of nitrogens with one attached hydrogen (secondary N) is 1. The molecule has 28 heavy (non-hydrogen) atoms. The minimum Gasteiger partial charge on any atom is -0.351 e. The normalized spacial score (nSPS) is 33.1. The molecule has 0 radical (unpaired) electrons. The second-order valence-corrected chi connectivity index (χ2v) is 10.2. The van der Waals surface area contributed by atoms with E-state index >= 15 is 0 Å². The van der Waals surface area contributed by atoms with Crippen LogP contribution in [0.4, 0.5) is 0 Å². The van der Waals surface area contributed by atoms with Gasteiger partial charge >= 0.3 is 0 Å². The quantitative estimate of drug-likeness (QED) is 0.686. The predicted octanol–water partition coefficient (Wildman–Crippen LogP) is 5.92. The highest BCUT2D eigenvalue weighted by atomic mass is 35.5. The first kappa shape index (κ1) is 18.2. The second kappa shape index (κ2) is 6.62. The summed E-state index contributed by atoms with van der Waals surface area (Å²) < 4.78 is 0. The lowest BCUT2D eigenvalue weighted by Crippen LogP contribution is -2.57. The van der Waals surface area contributed by atoms with Gasteiger partial charge in [0.1, 0.15) is 0 Å². The van der Waals surface area contributed by atoms with Gasteiger partial charge in [0.05, 0.1) is 0 Å². The summed E-state index contributed by atoms with van der Waals surface area (Å²) in [4.78, 5) is 12.7. The molecule has 3 heteroatoms. The molecule has 0 aliphatic heterocycles. The van der Waals surface area contributed by atoms with E-state index in [2.05, 4.69) is 36.5 Å². The summed E-state index contributed by atoms with van der Waals surface area (Å²) in [6.07, 6.45) is 7.83. The molecule has 4 saturated carbocycles. The van der Waals surface area contributed by atoms with Crippen molar-refractivity contribution in [2.45, 2.75) is 50.9 Å². The Morgan fingerprint density at radius 1 is 1.00 bits per heavy atom. The van der Waals surface area contributed by atoms with Gasteiger partial charge in [0.15, 0.2) is 0 Å². The zero-order valence-corrected chi connectivity index (χ0v) is 17.3. The fraction of sp³-hybridized carbons (Fsp3) is 0.480. The van der Waals surface area contributed by atoms with Gasteiger partial charge in [0.25, 0.3) is 5.91 Å². The smallest absolute Gasteiger partial charge is 0.251 e. The van der Waals surface area contributed by atoms with Gasteiger partial charge in [-0.2, -0.15) is 0 Å². The van der Waals surface area contributed by atoms with E-state index in [1.54, 1.807) is 12.1 Å². The van der Waals surface area contributed by atoms with Crippen LogP contribution in [0.25, 0.3) is 0 Å². The molecular formula is C25H28ClNO. The molecule has 146 valence electrons. The standard InChI is InChI=1S/C25H28ClNO/c1-17-2-6-21(7-3-17)25-13-18-10-19(14-25)12-24(11-18,15-25)16-27-23(28)20-4-8-22(26)9-5-20/h2-9,18-19H,10-16H2,1H3,(H,27,28)/t18-,19-,24?,25?/m1/s1. The minimum absolute atomic E-state index is 0.0248. The van der Waals surface area contributed by atoms with Crippen LogP contribution in [0, 0.1) is 24.2 Å². The fourth-order valence-corrected chi connectivity index (χ4v) is 7.00. The molecule has 2 aromatic carbocycles. The van der Waals surface area contributed by atoms with E-state index in [9.17, 15) is 4.79 Å². The Bertz CT molecular complexity index is 872. The fourth-order valence-electron chi connectivity index (χ4n) is 6.87. The third-order valence-electron chi connectivity index (χ3n) is 7.58. The molecule has 0 heterocycles. The van der Waals surface area contributed by atoms with E-state index < -0.39 is 0 Å². The molecule has 4 bridgehead atoms. The van der Waals surface area contributed by atoms with Crippen molar-refractivity contribution in [3.8, 4) is 0 Å². The molecule has 0 spiro atoms. The maximum atomic E-state index is 12.7. The SMILES string of the molecule is Cc1ccc(C23C[C@@H]4C[C@H](CC(CNC(=O)c5ccc(Cl)cc5)(C4)C2)C3)cc1. The van der Waals surface area contributed by atoms with Gasteiger partial charge in [-0.25, -0.2) is 0 Å². The van der Waals surface area contributed by atoms with Crippen LogP contribution in [0.5, 0.6) is 0 Å². The maximum absolute atomic E-state index is 12.7. The van der Waals surface area contributed by atoms with Gasteiger partial charge in [-0.3, -0.25) is 4.79 Å². The number of rotatable bonds is 4. The van der Waals surface area contributed by atoms with Crippen molar-refractivity contribution < 1.29 is 4.79 Å². The van der Waals surface area contributed by atoms with E-state index in [0.29, 0.717) is 16.0 Å². The van der Waals surface area contributed by atoms with E-state index in [4.69, 9.17) is 11.6 Å². The van der Waals surface area contributed by atoms with Crippen LogP contribution < -0.4 is 5.32 Å². The third-order valence-corrected chi connectivity index (χ3v) is 7.83. The Morgan fingerprint density at radius 2 is 1.64 bits per heavy atom. The number of hydrogen-bond donors (Lipinski definition) is 1. The van der Waals surface area contributed by atoms with Crippen LogP contribution in [0.1, 0.15) is 60.0 Å². The monoisotopic (exact) mass is 393 g/mol. The molecule has 0 unspecified atom stereocenters. The number of hydrogen-bond acceptors (Lipinski definition) is 1. The molecule has 2 nitrogen and oxygen atoms in total. The van der Waals surface area contributed by atoms with Crippen LogP contribution in [0.3, 0.4) is 0 Å². The molecule has 2 atom stereocenters. The molecule has 0 saturated heterocycles. The summed E-state index contributed by atoms with van der Waals surface area (Å²) in [7, 11) is 0. The van der Waals surface area contributed by atoms with E-state index in [1.807, 2.05) is 12.1 Å². The Kier molecular flexibility index (Phi) is 4.32. The molecule has 1 amide bonds. The molecule has 6 rings (SSSR count). The Hall–Kier alpha value is -1.80. The summed E-state index contributed by atoms with van der Waals surface area (Å²) in [6, 6.07) is 16.5. The Balaban J connectivity index is 1.37. The topological polar surface area (TPSA) is 29.1 Å². The highest BCUT2D eigenvalue weighted by Gasteiger charge is 2.57. The summed E-state index contributed by atoms with van der Waals surface area (Å²) in [5, 5.41) is 3.94. The first-order valence-corrected chi connectivity index (χ1v) is 10.9. The summed E-state index contributed by atoms with van der Waals surface area (Å²) in [6.45, 7) is 2.96. The zero-order valence-electron chi connectivity index (χ0n) is 16.5. The summed E-state index contributed by atoms with van der Waals surface area (Å²) in [5.41, 5.74) is 4.14. The van der Waals surface area contributed by atoms with Crippen LogP contribution in [0.2, 0.25) is 5.02 Å². The van der Waals surface area contributed by atoms with Gasteiger partial charge in [-0.15, -0.1) is 0 Å². The van der Waals surface area contributed by atoms with Gasteiger partial charge in [-0.05, 0) is 97.9 Å². The van der Waals surface area contributed by atoms with Crippen molar-refractivity contribution in [2.75, 3.05) is 6.54 Å². The molecule has 4 aliphatic carbocycles. The summed E-state index contributed by atoms with van der Waals surface area (Å²) in [5.74, 6) is 1.65. The molecule has 4 fully saturated rings. The molecule has 2 aromatic rings. The number of halogens is 1. The maximum Gasteiger partial charge on any atom is 0.251 e. The van der Waals surface area contributed by atoms with Crippen molar-refractivity contribution in [3.63, 3.8) is 0 Å². The molecule has 1 N–H and O–H groups in total. The van der Waals surface area contributed by atoms with Crippen molar-refractivity contribution in [1.29, 1.82) is 0 Å². The lowest BCUT2D eigenvalue weighted by Gasteiger charge is -2.62. The van der Waals surface area contributed by atoms with Crippen LogP contribution in [-0.2, 0) is 5.41 Å². The van der Waals surface area contributed by atoms with E-state index in [-0.39, 0.29) is 11.3 Å². The number of amides is 1. The highest BCUT2D eigenvalue weighted by Crippen LogP contribution is 2.65. The van der Waals surface area contributed by atoms with Gasteiger partial charge in [0, 0.05) is 17.1 Å². The van der Waals surface area contributed by atoms with Crippen LogP contribution in [-0.4, -0.2) is 12.5 Å². The predicted molar refractivity (Wildman–Crippen MR) is 114 cm³/mol. The number of carbonyl (C=O) groups is 1. The average Bonchev–Trinajstić information content (AvgIpc) is 2.66. The van der Waals surface area contributed by atoms with Gasteiger partial charge in [0.2, 0.25) is 0 Å². The Morgan fingerprint density at radius 3 is 2.29 bits per heavy atom. The first-order chi connectivity index (χ1) is 13.5. The number of benzene rings is 2. The van der Waals surface area contributed by atoms with Gasteiger partial charge in [-0.1, -0.05) is 41.4 Å². The largest absolute Gasteiger partial charge is 0.351 e. The average molecular weight is 394 g/mol. The number of aryl methyl sites for hydroxylation is 1. The highest BCUT2D eigenvalue weighted by molar-refractivity contribution is 6.30. The van der Waals surface area contributed by atoms with Crippen LogP contribution in [0.15, 0.2) is 48.5 Å². The molecule has 0 aromatic heterocycles. The minimum atomic E-state index is 0.0248. The second-order valence-electron chi connectivity index (χ2n) is 9.80. The zero-order chi connectivity index (χ0) is 19.4. The first-order valence-electron chi connectivity index (χ1n) is 10.6. The Labute approximate surface area is 172 Å². The van der Waals surface area contributed by atoms with E-state index in [0.717, 1.165) is 18.4 Å². The van der Waals surface area contributed by atoms with Gasteiger partial charge < -0.3 is 5.32 Å². The third kappa shape index (κ3) is 3.16. The number of carbonyl (C=O) groups excluding carboxylic acids is 1. The van der Waals surface area contributed by atoms with Crippen molar-refractivity contribution in [3.05, 3.63) is 70.2 Å². The molecule has 4 aliphatic rings. The lowest BCUT2D eigenvalue weighted by molar-refractivity contribution is -0.0697. The van der Waals surface area contributed by atoms with Crippen molar-refractivity contribution in [1.82, 2.24) is 5.32 Å². The van der Waals surface area contributed by atoms with Crippen molar-refractivity contribution >= 4 is 17.5 Å². The van der Waals surface area contributed by atoms with E-state index in [1.165, 1.54) is 49.7 Å². The molecular weight excluding hydrogens is 366 g/mol. The lowest BCUT2D eigenvalue weighted by atomic mass is 9.43.